The number of halogens is 1. The molecule has 0 saturated heterocycles. The van der Waals surface area contributed by atoms with Crippen LogP contribution in [-0.2, 0) is 11.2 Å². The Bertz CT molecular complexity index is 686. The van der Waals surface area contributed by atoms with E-state index in [9.17, 15) is 9.59 Å². The first-order chi connectivity index (χ1) is 11.5. The first kappa shape index (κ1) is 18.2. The van der Waals surface area contributed by atoms with Crippen molar-refractivity contribution in [1.29, 1.82) is 0 Å². The summed E-state index contributed by atoms with van der Waals surface area (Å²) in [6.07, 6.45) is -0.102. The molecule has 2 N–H and O–H groups in total. The fourth-order valence-corrected chi connectivity index (χ4v) is 2.89. The van der Waals surface area contributed by atoms with Crippen molar-refractivity contribution in [3.8, 4) is 0 Å². The zero-order valence-corrected chi connectivity index (χ0v) is 15.0. The summed E-state index contributed by atoms with van der Waals surface area (Å²) in [6.45, 7) is 1.78. The second-order valence-corrected chi connectivity index (χ2v) is 6.63. The number of amides is 1. The number of carbonyl (C=O) groups excluding carboxylic acids is 1. The molecule has 0 aliphatic carbocycles. The summed E-state index contributed by atoms with van der Waals surface area (Å²) in [6, 6.07) is 16.5. The van der Waals surface area contributed by atoms with Gasteiger partial charge in [-0.05, 0) is 29.7 Å². The number of ketones is 1. The van der Waals surface area contributed by atoms with E-state index in [4.69, 9.17) is 5.11 Å². The Labute approximate surface area is 150 Å². The van der Waals surface area contributed by atoms with E-state index in [1.54, 1.807) is 6.92 Å². The van der Waals surface area contributed by atoms with Gasteiger partial charge < -0.3 is 10.4 Å². The molecule has 0 aromatic heterocycles. The molecule has 126 valence electrons. The summed E-state index contributed by atoms with van der Waals surface area (Å²) in [5, 5.41) is 11.6. The molecule has 0 bridgehead atoms. The van der Waals surface area contributed by atoms with Crippen LogP contribution < -0.4 is 5.32 Å². The smallest absolute Gasteiger partial charge is 0.405 e. The number of benzene rings is 2. The van der Waals surface area contributed by atoms with Crippen molar-refractivity contribution in [2.24, 2.45) is 5.92 Å². The molecular weight excluding hydrogens is 370 g/mol. The minimum absolute atomic E-state index is 0.0421. The molecule has 2 aromatic rings. The van der Waals surface area contributed by atoms with E-state index in [1.807, 2.05) is 54.6 Å². The van der Waals surface area contributed by atoms with Gasteiger partial charge in [-0.25, -0.2) is 4.79 Å². The number of rotatable bonds is 7. The van der Waals surface area contributed by atoms with Crippen LogP contribution in [0.1, 0.15) is 30.5 Å². The van der Waals surface area contributed by atoms with Crippen LogP contribution in [0, 0.1) is 5.92 Å². The van der Waals surface area contributed by atoms with E-state index in [1.165, 1.54) is 0 Å². The van der Waals surface area contributed by atoms with Crippen LogP contribution in [0.2, 0.25) is 0 Å². The van der Waals surface area contributed by atoms with Crippen molar-refractivity contribution in [2.45, 2.75) is 25.8 Å². The third-order valence-corrected chi connectivity index (χ3v) is 4.55. The Balaban J connectivity index is 2.04. The van der Waals surface area contributed by atoms with Gasteiger partial charge in [-0.15, -0.1) is 0 Å². The van der Waals surface area contributed by atoms with Crippen LogP contribution in [0.5, 0.6) is 0 Å². The minimum atomic E-state index is -1.13. The van der Waals surface area contributed by atoms with Crippen LogP contribution in [0.25, 0.3) is 0 Å². The van der Waals surface area contributed by atoms with E-state index in [0.717, 1.165) is 15.6 Å². The van der Waals surface area contributed by atoms with Gasteiger partial charge in [-0.1, -0.05) is 65.3 Å². The number of carbonyl (C=O) groups is 2. The third-order valence-electron chi connectivity index (χ3n) is 4.02. The maximum absolute atomic E-state index is 12.5. The predicted molar refractivity (Wildman–Crippen MR) is 97.0 cm³/mol. The van der Waals surface area contributed by atoms with E-state index < -0.39 is 18.1 Å². The SMILES string of the molecule is C[C@@H](C(=O)CCc1ccc(Br)cc1)[C@@H](NC(=O)O)c1ccccc1. The lowest BCUT2D eigenvalue weighted by Crippen LogP contribution is -2.34. The zero-order chi connectivity index (χ0) is 17.5. The molecule has 0 radical (unpaired) electrons. The normalized spacial score (nSPS) is 13.1. The minimum Gasteiger partial charge on any atom is -0.465 e. The first-order valence-electron chi connectivity index (χ1n) is 7.79. The number of nitrogens with one attached hydrogen (secondary N) is 1. The Morgan fingerprint density at radius 3 is 2.29 bits per heavy atom. The molecule has 0 aliphatic heterocycles. The van der Waals surface area contributed by atoms with Gasteiger partial charge in [-0.3, -0.25) is 4.79 Å². The van der Waals surface area contributed by atoms with Gasteiger partial charge in [0.15, 0.2) is 0 Å². The van der Waals surface area contributed by atoms with Crippen molar-refractivity contribution >= 4 is 27.8 Å². The Hall–Kier alpha value is -2.14. The molecule has 1 amide bonds. The molecule has 2 rings (SSSR count). The summed E-state index contributed by atoms with van der Waals surface area (Å²) < 4.78 is 1.00. The second kappa shape index (κ2) is 8.64. The highest BCUT2D eigenvalue weighted by molar-refractivity contribution is 9.10. The fraction of sp³-hybridized carbons (Fsp3) is 0.263. The molecule has 0 heterocycles. The highest BCUT2D eigenvalue weighted by Crippen LogP contribution is 2.24. The van der Waals surface area contributed by atoms with Crippen molar-refractivity contribution in [3.63, 3.8) is 0 Å². The van der Waals surface area contributed by atoms with Crippen molar-refractivity contribution in [3.05, 3.63) is 70.2 Å². The first-order valence-corrected chi connectivity index (χ1v) is 8.58. The number of aryl methyl sites for hydroxylation is 1. The second-order valence-electron chi connectivity index (χ2n) is 5.72. The summed E-state index contributed by atoms with van der Waals surface area (Å²) >= 11 is 3.39. The number of Topliss-reactive ketones (excluding diaryl/α,β-unsaturated/α-hetero) is 1. The quantitative estimate of drug-likeness (QED) is 0.727. The van der Waals surface area contributed by atoms with Gasteiger partial charge in [-0.2, -0.15) is 0 Å². The van der Waals surface area contributed by atoms with Crippen LogP contribution in [0.4, 0.5) is 4.79 Å². The fourth-order valence-electron chi connectivity index (χ4n) is 2.62. The summed E-state index contributed by atoms with van der Waals surface area (Å²) in [5.74, 6) is -0.389. The van der Waals surface area contributed by atoms with E-state index in [-0.39, 0.29) is 5.78 Å². The van der Waals surface area contributed by atoms with E-state index in [2.05, 4.69) is 21.2 Å². The Kier molecular flexibility index (Phi) is 6.55. The molecule has 0 spiro atoms. The predicted octanol–water partition coefficient (Wildman–Crippen LogP) is 4.60. The molecule has 0 fully saturated rings. The molecule has 5 heteroatoms. The van der Waals surface area contributed by atoms with Crippen LogP contribution in [-0.4, -0.2) is 17.0 Å². The maximum atomic E-state index is 12.5. The average molecular weight is 390 g/mol. The standard InChI is InChI=1S/C19H20BrNO3/c1-13(17(22)12-9-14-7-10-16(20)11-8-14)18(21-19(23)24)15-5-3-2-4-6-15/h2-8,10-11,13,18,21H,9,12H2,1H3,(H,23,24)/t13-,18+/m0/s1. The highest BCUT2D eigenvalue weighted by atomic mass is 79.9. The van der Waals surface area contributed by atoms with Crippen LogP contribution in [0.15, 0.2) is 59.1 Å². The maximum Gasteiger partial charge on any atom is 0.405 e. The van der Waals surface area contributed by atoms with Gasteiger partial charge in [0.1, 0.15) is 5.78 Å². The lowest BCUT2D eigenvalue weighted by molar-refractivity contribution is -0.123. The van der Waals surface area contributed by atoms with Crippen molar-refractivity contribution in [2.75, 3.05) is 0 Å². The summed E-state index contributed by atoms with van der Waals surface area (Å²) in [7, 11) is 0. The van der Waals surface area contributed by atoms with Gasteiger partial charge in [0.25, 0.3) is 0 Å². The molecule has 2 aromatic carbocycles. The van der Waals surface area contributed by atoms with Crippen LogP contribution in [0.3, 0.4) is 0 Å². The number of hydrogen-bond donors (Lipinski definition) is 2. The lowest BCUT2D eigenvalue weighted by atomic mass is 9.88. The molecule has 0 unspecified atom stereocenters. The van der Waals surface area contributed by atoms with Gasteiger partial charge >= 0.3 is 6.09 Å². The Morgan fingerprint density at radius 2 is 1.71 bits per heavy atom. The van der Waals surface area contributed by atoms with Crippen LogP contribution >= 0.6 is 15.9 Å². The molecule has 4 nitrogen and oxygen atoms in total. The van der Waals surface area contributed by atoms with E-state index in [0.29, 0.717) is 12.8 Å². The Morgan fingerprint density at radius 1 is 1.08 bits per heavy atom. The largest absolute Gasteiger partial charge is 0.465 e. The number of hydrogen-bond acceptors (Lipinski definition) is 2. The molecule has 0 aliphatic rings. The molecule has 2 atom stereocenters. The highest BCUT2D eigenvalue weighted by Gasteiger charge is 2.26. The zero-order valence-electron chi connectivity index (χ0n) is 13.4. The molecular formula is C19H20BrNO3. The topological polar surface area (TPSA) is 66.4 Å². The van der Waals surface area contributed by atoms with Crippen molar-refractivity contribution in [1.82, 2.24) is 5.32 Å². The van der Waals surface area contributed by atoms with Crippen molar-refractivity contribution < 1.29 is 14.7 Å². The monoisotopic (exact) mass is 389 g/mol. The molecule has 24 heavy (non-hydrogen) atoms. The molecule has 0 saturated carbocycles. The van der Waals surface area contributed by atoms with Gasteiger partial charge in [0.05, 0.1) is 6.04 Å². The lowest BCUT2D eigenvalue weighted by Gasteiger charge is -2.23. The summed E-state index contributed by atoms with van der Waals surface area (Å²) in [5.41, 5.74) is 1.88. The third kappa shape index (κ3) is 5.20. The number of carboxylic acid groups (broad SMARTS) is 1. The van der Waals surface area contributed by atoms with Gasteiger partial charge in [0, 0.05) is 16.8 Å². The van der Waals surface area contributed by atoms with E-state index >= 15 is 0 Å². The summed E-state index contributed by atoms with van der Waals surface area (Å²) in [4.78, 5) is 23.6. The average Bonchev–Trinajstić information content (AvgIpc) is 2.59. The van der Waals surface area contributed by atoms with Gasteiger partial charge in [0.2, 0.25) is 0 Å².